The second-order valence-electron chi connectivity index (χ2n) is 2.11. The Kier molecular flexibility index (Phi) is 5.64. The van der Waals surface area contributed by atoms with Gasteiger partial charge in [0.05, 0.1) is 6.10 Å². The van der Waals surface area contributed by atoms with Crippen LogP contribution < -0.4 is 0 Å². The molecular weight excluding hydrogens is 112 g/mol. The van der Waals surface area contributed by atoms with E-state index in [4.69, 9.17) is 11.3 Å². The molecule has 0 bridgehead atoms. The minimum Gasteiger partial charge on any atom is -0.377 e. The molecule has 0 saturated heterocycles. The monoisotopic (exact) mass is 127 g/mol. The number of methoxy groups -OCH3 is 1. The summed E-state index contributed by atoms with van der Waals surface area (Å²) in [7, 11) is 1.68. The highest BCUT2D eigenvalue weighted by Crippen LogP contribution is 2.03. The normalized spacial score (nSPS) is 13.1. The third-order valence-corrected chi connectivity index (χ3v) is 1.36. The van der Waals surface area contributed by atoms with Gasteiger partial charge in [-0.1, -0.05) is 32.4 Å². The first-order chi connectivity index (χ1) is 4.35. The molecule has 0 aliphatic rings. The Balaban J connectivity index is 3.20. The molecule has 0 fully saturated rings. The van der Waals surface area contributed by atoms with Crippen molar-refractivity contribution in [2.75, 3.05) is 7.11 Å². The maximum Gasteiger partial charge on any atom is 0.0755 e. The molecule has 1 unspecified atom stereocenters. The van der Waals surface area contributed by atoms with E-state index in [1.54, 1.807) is 13.2 Å². The lowest BCUT2D eigenvalue weighted by molar-refractivity contribution is 0.131. The molecule has 0 aromatic rings. The van der Waals surface area contributed by atoms with Crippen LogP contribution in [0, 0.1) is 6.58 Å². The molecule has 0 rings (SSSR count). The number of rotatable bonds is 5. The number of ether oxygens (including phenoxy) is 1. The van der Waals surface area contributed by atoms with Crippen molar-refractivity contribution < 1.29 is 4.74 Å². The fourth-order valence-corrected chi connectivity index (χ4v) is 0.698. The number of unbranched alkanes of at least 4 members (excludes halogenated alkanes) is 1. The Hall–Kier alpha value is -0.300. The Morgan fingerprint density at radius 2 is 2.33 bits per heavy atom. The molecule has 9 heavy (non-hydrogen) atoms. The molecule has 0 spiro atoms. The predicted molar refractivity (Wildman–Crippen MR) is 39.2 cm³/mol. The van der Waals surface area contributed by atoms with E-state index in [0.29, 0.717) is 0 Å². The minimum absolute atomic E-state index is 0.157. The fraction of sp³-hybridized carbons (Fsp3) is 0.750. The minimum atomic E-state index is 0.157. The zero-order valence-electron chi connectivity index (χ0n) is 6.26. The summed E-state index contributed by atoms with van der Waals surface area (Å²) in [4.78, 5) is 0. The molecular formula is C8H15O. The summed E-state index contributed by atoms with van der Waals surface area (Å²) in [6.45, 7) is 7.43. The van der Waals surface area contributed by atoms with Crippen molar-refractivity contribution in [3.63, 3.8) is 0 Å². The Morgan fingerprint density at radius 1 is 1.67 bits per heavy atom. The lowest BCUT2D eigenvalue weighted by atomic mass is 10.2. The van der Waals surface area contributed by atoms with Crippen LogP contribution in [0.4, 0.5) is 0 Å². The van der Waals surface area contributed by atoms with Crippen molar-refractivity contribution in [1.82, 2.24) is 0 Å². The van der Waals surface area contributed by atoms with E-state index in [1.165, 1.54) is 12.8 Å². The molecule has 0 aromatic heterocycles. The van der Waals surface area contributed by atoms with Crippen LogP contribution in [0.15, 0.2) is 6.08 Å². The third-order valence-electron chi connectivity index (χ3n) is 1.36. The average molecular weight is 127 g/mol. The summed E-state index contributed by atoms with van der Waals surface area (Å²) in [6.07, 6.45) is 5.20. The highest BCUT2D eigenvalue weighted by Gasteiger charge is 1.98. The lowest BCUT2D eigenvalue weighted by Crippen LogP contribution is -2.05. The maximum absolute atomic E-state index is 5.27. The van der Waals surface area contributed by atoms with E-state index >= 15 is 0 Å². The van der Waals surface area contributed by atoms with Crippen molar-refractivity contribution in [3.8, 4) is 0 Å². The van der Waals surface area contributed by atoms with Crippen molar-refractivity contribution >= 4 is 0 Å². The van der Waals surface area contributed by atoms with Crippen LogP contribution in [0.25, 0.3) is 0 Å². The molecule has 0 aromatic carbocycles. The van der Waals surface area contributed by atoms with E-state index in [1.807, 2.05) is 0 Å². The molecule has 1 atom stereocenters. The largest absolute Gasteiger partial charge is 0.377 e. The van der Waals surface area contributed by atoms with Crippen molar-refractivity contribution in [2.45, 2.75) is 32.3 Å². The molecule has 0 N–H and O–H groups in total. The van der Waals surface area contributed by atoms with Crippen LogP contribution in [-0.4, -0.2) is 13.2 Å². The van der Waals surface area contributed by atoms with Gasteiger partial charge in [-0.15, -0.1) is 0 Å². The van der Waals surface area contributed by atoms with Gasteiger partial charge in [0, 0.05) is 7.11 Å². The molecule has 53 valence electrons. The second kappa shape index (κ2) is 5.83. The van der Waals surface area contributed by atoms with Gasteiger partial charge < -0.3 is 4.74 Å². The topological polar surface area (TPSA) is 9.23 Å². The van der Waals surface area contributed by atoms with Crippen molar-refractivity contribution in [1.29, 1.82) is 0 Å². The van der Waals surface area contributed by atoms with E-state index in [9.17, 15) is 0 Å². The van der Waals surface area contributed by atoms with Gasteiger partial charge in [-0.25, -0.2) is 0 Å². The molecule has 0 amide bonds. The van der Waals surface area contributed by atoms with Gasteiger partial charge in [0.15, 0.2) is 0 Å². The zero-order chi connectivity index (χ0) is 7.11. The number of hydrogen-bond acceptors (Lipinski definition) is 1. The van der Waals surface area contributed by atoms with Gasteiger partial charge in [-0.2, -0.15) is 0 Å². The van der Waals surface area contributed by atoms with Crippen LogP contribution in [0.5, 0.6) is 0 Å². The standard InChI is InChI=1S/C8H15O/c1-4-6-7-8(5-2)9-3/h2,5,8H,4,6-7H2,1,3H3. The van der Waals surface area contributed by atoms with Gasteiger partial charge in [-0.05, 0) is 6.42 Å². The van der Waals surface area contributed by atoms with Crippen LogP contribution in [-0.2, 0) is 4.74 Å². The first-order valence-electron chi connectivity index (χ1n) is 3.43. The number of hydrogen-bond donors (Lipinski definition) is 0. The molecule has 0 saturated carbocycles. The Labute approximate surface area is 57.7 Å². The van der Waals surface area contributed by atoms with E-state index < -0.39 is 0 Å². The second-order valence-corrected chi connectivity index (χ2v) is 2.11. The summed E-state index contributed by atoms with van der Waals surface area (Å²) in [5.41, 5.74) is 0. The summed E-state index contributed by atoms with van der Waals surface area (Å²) in [5, 5.41) is 0. The SMILES string of the molecule is [CH]=CC(CCCC)OC. The highest BCUT2D eigenvalue weighted by atomic mass is 16.5. The van der Waals surface area contributed by atoms with Gasteiger partial charge in [-0.3, -0.25) is 0 Å². The Bertz CT molecular complexity index is 69.0. The van der Waals surface area contributed by atoms with Crippen LogP contribution in [0.2, 0.25) is 0 Å². The first kappa shape index (κ1) is 8.70. The van der Waals surface area contributed by atoms with Crippen LogP contribution in [0.3, 0.4) is 0 Å². The van der Waals surface area contributed by atoms with Crippen LogP contribution >= 0.6 is 0 Å². The fourth-order valence-electron chi connectivity index (χ4n) is 0.698. The quantitative estimate of drug-likeness (QED) is 0.550. The molecule has 1 nitrogen and oxygen atoms in total. The zero-order valence-corrected chi connectivity index (χ0v) is 6.26. The summed E-state index contributed by atoms with van der Waals surface area (Å²) in [5.74, 6) is 0. The summed E-state index contributed by atoms with van der Waals surface area (Å²) < 4.78 is 5.02. The first-order valence-corrected chi connectivity index (χ1v) is 3.43. The van der Waals surface area contributed by atoms with Gasteiger partial charge in [0.2, 0.25) is 0 Å². The summed E-state index contributed by atoms with van der Waals surface area (Å²) in [6, 6.07) is 0. The van der Waals surface area contributed by atoms with Gasteiger partial charge in [0.1, 0.15) is 0 Å². The molecule has 0 heterocycles. The van der Waals surface area contributed by atoms with Gasteiger partial charge >= 0.3 is 0 Å². The average Bonchev–Trinajstić information content (AvgIpc) is 1.91. The molecule has 0 aliphatic carbocycles. The maximum atomic E-state index is 5.27. The lowest BCUT2D eigenvalue weighted by Gasteiger charge is -2.07. The van der Waals surface area contributed by atoms with E-state index in [2.05, 4.69) is 6.92 Å². The predicted octanol–water partition coefficient (Wildman–Crippen LogP) is 2.18. The van der Waals surface area contributed by atoms with Crippen molar-refractivity contribution in [2.24, 2.45) is 0 Å². The molecule has 1 radical (unpaired) electrons. The Morgan fingerprint density at radius 3 is 2.67 bits per heavy atom. The van der Waals surface area contributed by atoms with Crippen molar-refractivity contribution in [3.05, 3.63) is 12.7 Å². The highest BCUT2D eigenvalue weighted by molar-refractivity contribution is 4.75. The molecule has 1 heteroatoms. The smallest absolute Gasteiger partial charge is 0.0755 e. The van der Waals surface area contributed by atoms with Gasteiger partial charge in [0.25, 0.3) is 0 Å². The van der Waals surface area contributed by atoms with E-state index in [-0.39, 0.29) is 6.10 Å². The molecule has 0 aliphatic heterocycles. The van der Waals surface area contributed by atoms with Crippen LogP contribution in [0.1, 0.15) is 26.2 Å². The van der Waals surface area contributed by atoms with E-state index in [0.717, 1.165) is 6.42 Å². The summed E-state index contributed by atoms with van der Waals surface area (Å²) >= 11 is 0. The third kappa shape index (κ3) is 4.22.